The van der Waals surface area contributed by atoms with Crippen molar-refractivity contribution in [3.63, 3.8) is 0 Å². The highest BCUT2D eigenvalue weighted by Crippen LogP contribution is 2.58. The minimum absolute atomic E-state index is 0.119. The molecule has 0 spiro atoms. The Morgan fingerprint density at radius 1 is 1.07 bits per heavy atom. The Morgan fingerprint density at radius 2 is 1.78 bits per heavy atom. The second-order valence-electron chi connectivity index (χ2n) is 10.3. The summed E-state index contributed by atoms with van der Waals surface area (Å²) < 4.78 is 0. The quantitative estimate of drug-likeness (QED) is 0.690. The zero-order valence-electron chi connectivity index (χ0n) is 17.0. The minimum atomic E-state index is 0.119. The van der Waals surface area contributed by atoms with Crippen molar-refractivity contribution < 1.29 is 0 Å². The lowest BCUT2D eigenvalue weighted by Gasteiger charge is -2.55. The van der Waals surface area contributed by atoms with Crippen LogP contribution < -0.4 is 11.1 Å². The van der Waals surface area contributed by atoms with Crippen LogP contribution >= 0.6 is 12.2 Å². The largest absolute Gasteiger partial charge is 0.376 e. The van der Waals surface area contributed by atoms with Gasteiger partial charge < -0.3 is 11.1 Å². The van der Waals surface area contributed by atoms with E-state index in [-0.39, 0.29) is 5.41 Å². The van der Waals surface area contributed by atoms with Crippen molar-refractivity contribution in [1.29, 1.82) is 0 Å². The predicted molar refractivity (Wildman–Crippen MR) is 118 cm³/mol. The number of thiocarbonyl (C=S) groups is 1. The van der Waals surface area contributed by atoms with E-state index in [9.17, 15) is 0 Å². The van der Waals surface area contributed by atoms with Crippen molar-refractivity contribution in [3.8, 4) is 0 Å². The molecule has 0 saturated heterocycles. The average molecular weight is 385 g/mol. The zero-order valence-corrected chi connectivity index (χ0v) is 17.9. The minimum Gasteiger partial charge on any atom is -0.376 e. The monoisotopic (exact) mass is 384 g/mol. The Labute approximate surface area is 170 Å². The lowest BCUT2D eigenvalue weighted by molar-refractivity contribution is 0.0535. The molecule has 0 radical (unpaired) electrons. The predicted octanol–water partition coefficient (Wildman–Crippen LogP) is 5.35. The third-order valence-corrected chi connectivity index (χ3v) is 8.27. The van der Waals surface area contributed by atoms with E-state index in [4.69, 9.17) is 18.0 Å². The highest BCUT2D eigenvalue weighted by molar-refractivity contribution is 7.80. The SMILES string of the molecule is CC1CC2CC(C)(C(=S)NC3CCC(N)CC3)CC(c3ccccc3)(C1)C2. The summed E-state index contributed by atoms with van der Waals surface area (Å²) in [6.45, 7) is 4.89. The van der Waals surface area contributed by atoms with Crippen LogP contribution in [0.4, 0.5) is 0 Å². The molecule has 1 aromatic carbocycles. The second-order valence-corrected chi connectivity index (χ2v) is 10.7. The molecule has 0 aromatic heterocycles. The van der Waals surface area contributed by atoms with Crippen molar-refractivity contribution in [2.75, 3.05) is 0 Å². The van der Waals surface area contributed by atoms with E-state index in [0.29, 0.717) is 17.5 Å². The molecule has 4 atom stereocenters. The number of rotatable bonds is 3. The van der Waals surface area contributed by atoms with E-state index in [2.05, 4.69) is 49.5 Å². The van der Waals surface area contributed by atoms with Crippen LogP contribution in [0.1, 0.15) is 77.2 Å². The van der Waals surface area contributed by atoms with Crippen molar-refractivity contribution in [2.45, 2.75) is 89.1 Å². The third-order valence-electron chi connectivity index (χ3n) is 7.66. The first-order valence-electron chi connectivity index (χ1n) is 11.0. The third kappa shape index (κ3) is 3.96. The summed E-state index contributed by atoms with van der Waals surface area (Å²) >= 11 is 6.06. The van der Waals surface area contributed by atoms with Crippen LogP contribution in [-0.2, 0) is 5.41 Å². The molecule has 3 aliphatic rings. The summed E-state index contributed by atoms with van der Waals surface area (Å²) in [5, 5.41) is 3.79. The molecule has 0 heterocycles. The van der Waals surface area contributed by atoms with E-state index in [1.165, 1.54) is 44.9 Å². The maximum absolute atomic E-state index is 6.09. The summed E-state index contributed by atoms with van der Waals surface area (Å²) in [7, 11) is 0. The van der Waals surface area contributed by atoms with Gasteiger partial charge in [0.15, 0.2) is 0 Å². The molecule has 3 saturated carbocycles. The molecule has 2 bridgehead atoms. The van der Waals surface area contributed by atoms with Crippen molar-refractivity contribution in [2.24, 2.45) is 23.0 Å². The summed E-state index contributed by atoms with van der Waals surface area (Å²) in [4.78, 5) is 1.13. The molecular formula is C24H36N2S. The molecule has 0 amide bonds. The van der Waals surface area contributed by atoms with Gasteiger partial charge in [0.1, 0.15) is 0 Å². The normalized spacial score (nSPS) is 41.7. The van der Waals surface area contributed by atoms with Gasteiger partial charge in [-0.1, -0.05) is 56.4 Å². The Morgan fingerprint density at radius 3 is 2.48 bits per heavy atom. The fourth-order valence-electron chi connectivity index (χ4n) is 6.72. The van der Waals surface area contributed by atoms with Gasteiger partial charge in [0.2, 0.25) is 0 Å². The highest BCUT2D eigenvalue weighted by Gasteiger charge is 2.52. The Kier molecular flexibility index (Phi) is 5.37. The van der Waals surface area contributed by atoms with Gasteiger partial charge in [-0.05, 0) is 80.6 Å². The fraction of sp³-hybridized carbons (Fsp3) is 0.708. The van der Waals surface area contributed by atoms with E-state index < -0.39 is 0 Å². The molecule has 148 valence electrons. The molecule has 0 aliphatic heterocycles. The first-order valence-corrected chi connectivity index (χ1v) is 11.4. The van der Waals surface area contributed by atoms with Crippen LogP contribution in [-0.4, -0.2) is 17.1 Å². The summed E-state index contributed by atoms with van der Waals surface area (Å²) in [5.41, 5.74) is 8.06. The number of nitrogens with two attached hydrogens (primary N) is 1. The van der Waals surface area contributed by atoms with Gasteiger partial charge in [0.25, 0.3) is 0 Å². The fourth-order valence-corrected chi connectivity index (χ4v) is 7.04. The summed E-state index contributed by atoms with van der Waals surface area (Å²) in [6, 6.07) is 12.2. The van der Waals surface area contributed by atoms with Crippen LogP contribution in [0.15, 0.2) is 30.3 Å². The zero-order chi connectivity index (χ0) is 19.1. The number of hydrogen-bond acceptors (Lipinski definition) is 2. The molecule has 1 aromatic rings. The maximum Gasteiger partial charge on any atom is 0.0815 e. The number of fused-ring (bicyclic) bond motifs is 2. The number of benzene rings is 1. The molecule has 3 N–H and O–H groups in total. The Bertz CT molecular complexity index is 662. The number of nitrogens with one attached hydrogen (secondary N) is 1. The van der Waals surface area contributed by atoms with E-state index in [0.717, 1.165) is 29.7 Å². The van der Waals surface area contributed by atoms with E-state index in [1.807, 2.05) is 0 Å². The van der Waals surface area contributed by atoms with Crippen LogP contribution in [0, 0.1) is 17.3 Å². The van der Waals surface area contributed by atoms with Gasteiger partial charge >= 0.3 is 0 Å². The lowest BCUT2D eigenvalue weighted by Crippen LogP contribution is -2.53. The smallest absolute Gasteiger partial charge is 0.0815 e. The van der Waals surface area contributed by atoms with Gasteiger partial charge in [-0.2, -0.15) is 0 Å². The topological polar surface area (TPSA) is 38.0 Å². The summed E-state index contributed by atoms with van der Waals surface area (Å²) in [5.74, 6) is 1.61. The van der Waals surface area contributed by atoms with Crippen LogP contribution in [0.5, 0.6) is 0 Å². The first kappa shape index (κ1) is 19.4. The standard InChI is InChI=1S/C24H36N2S/c1-17-12-18-14-23(2,22(27)26-21-10-8-20(25)9-11-21)16-24(13-17,15-18)19-6-4-3-5-7-19/h3-7,17-18,20-21H,8-16,25H2,1-2H3,(H,26,27). The lowest BCUT2D eigenvalue weighted by atomic mass is 9.50. The molecule has 3 fully saturated rings. The van der Waals surface area contributed by atoms with E-state index in [1.54, 1.807) is 5.56 Å². The molecule has 3 aliphatic carbocycles. The van der Waals surface area contributed by atoms with Gasteiger partial charge in [-0.3, -0.25) is 0 Å². The molecule has 3 heteroatoms. The highest BCUT2D eigenvalue weighted by atomic mass is 32.1. The van der Waals surface area contributed by atoms with E-state index >= 15 is 0 Å². The van der Waals surface area contributed by atoms with Crippen molar-refractivity contribution in [1.82, 2.24) is 5.32 Å². The van der Waals surface area contributed by atoms with Gasteiger partial charge in [0, 0.05) is 17.5 Å². The molecular weight excluding hydrogens is 348 g/mol. The van der Waals surface area contributed by atoms with Gasteiger partial charge in [0.05, 0.1) is 4.99 Å². The maximum atomic E-state index is 6.09. The van der Waals surface area contributed by atoms with Crippen LogP contribution in [0.25, 0.3) is 0 Å². The Hall–Kier alpha value is -0.930. The van der Waals surface area contributed by atoms with Crippen LogP contribution in [0.2, 0.25) is 0 Å². The van der Waals surface area contributed by atoms with Gasteiger partial charge in [-0.15, -0.1) is 0 Å². The first-order chi connectivity index (χ1) is 12.9. The van der Waals surface area contributed by atoms with Crippen molar-refractivity contribution >= 4 is 17.2 Å². The molecule has 4 rings (SSSR count). The van der Waals surface area contributed by atoms with Gasteiger partial charge in [-0.25, -0.2) is 0 Å². The second kappa shape index (κ2) is 7.48. The van der Waals surface area contributed by atoms with Crippen LogP contribution in [0.3, 0.4) is 0 Å². The van der Waals surface area contributed by atoms with Crippen molar-refractivity contribution in [3.05, 3.63) is 35.9 Å². The number of hydrogen-bond donors (Lipinski definition) is 2. The molecule has 4 unspecified atom stereocenters. The average Bonchev–Trinajstić information content (AvgIpc) is 2.63. The molecule has 2 nitrogen and oxygen atoms in total. The Balaban J connectivity index is 1.55. The molecule has 27 heavy (non-hydrogen) atoms. The summed E-state index contributed by atoms with van der Waals surface area (Å²) in [6.07, 6.45) is 11.1.